The van der Waals surface area contributed by atoms with Gasteiger partial charge in [-0.3, -0.25) is 14.9 Å². The quantitative estimate of drug-likeness (QED) is 0.493. The molecule has 0 radical (unpaired) electrons. The van der Waals surface area contributed by atoms with Crippen LogP contribution in [-0.4, -0.2) is 33.8 Å². The highest BCUT2D eigenvalue weighted by atomic mass is 32.1. The van der Waals surface area contributed by atoms with Gasteiger partial charge in [0.1, 0.15) is 0 Å². The first-order valence-corrected chi connectivity index (χ1v) is 9.74. The number of benzene rings is 2. The van der Waals surface area contributed by atoms with E-state index in [4.69, 9.17) is 4.98 Å². The molecule has 4 rings (SSSR count). The summed E-state index contributed by atoms with van der Waals surface area (Å²) in [5, 5.41) is 12.2. The van der Waals surface area contributed by atoms with Gasteiger partial charge in [0.2, 0.25) is 0 Å². The maximum Gasteiger partial charge on any atom is 0.273 e. The van der Waals surface area contributed by atoms with Gasteiger partial charge in [-0.15, -0.1) is 11.3 Å². The highest BCUT2D eigenvalue weighted by Crippen LogP contribution is 2.33. The summed E-state index contributed by atoms with van der Waals surface area (Å²) in [5.74, 6) is 0.0597. The predicted octanol–water partition coefficient (Wildman–Crippen LogP) is 4.53. The number of carbonyl (C=O) groups excluding carboxylic acids is 1. The van der Waals surface area contributed by atoms with E-state index >= 15 is 0 Å². The summed E-state index contributed by atoms with van der Waals surface area (Å²) < 4.78 is 1.16. The zero-order valence-electron chi connectivity index (χ0n) is 14.9. The lowest BCUT2D eigenvalue weighted by molar-refractivity contribution is -0.385. The first-order valence-electron chi connectivity index (χ1n) is 8.92. The topological polar surface area (TPSA) is 76.3 Å². The number of amides is 1. The number of piperidine rings is 1. The second-order valence-electron chi connectivity index (χ2n) is 6.87. The normalized spacial score (nSPS) is 17.2. The Balaban J connectivity index is 1.56. The molecule has 0 saturated carbocycles. The number of hydrogen-bond acceptors (Lipinski definition) is 5. The van der Waals surface area contributed by atoms with Gasteiger partial charge >= 0.3 is 0 Å². The molecule has 2 aromatic carbocycles. The van der Waals surface area contributed by atoms with Gasteiger partial charge in [-0.1, -0.05) is 18.2 Å². The summed E-state index contributed by atoms with van der Waals surface area (Å²) in [6.45, 7) is 2.94. The molecule has 0 N–H and O–H groups in total. The van der Waals surface area contributed by atoms with Crippen LogP contribution in [0.3, 0.4) is 0 Å². The van der Waals surface area contributed by atoms with Crippen molar-refractivity contribution in [3.05, 3.63) is 68.7 Å². The van der Waals surface area contributed by atoms with Crippen molar-refractivity contribution in [2.24, 2.45) is 0 Å². The van der Waals surface area contributed by atoms with Crippen molar-refractivity contribution in [1.82, 2.24) is 9.88 Å². The van der Waals surface area contributed by atoms with E-state index in [-0.39, 0.29) is 17.5 Å². The number of para-hydroxylation sites is 1. The SMILES string of the molecule is Cc1ccc(C(=O)N2CCC[C@H](c3nc4ccccc4s3)C2)cc1[N+](=O)[O-]. The van der Waals surface area contributed by atoms with Gasteiger partial charge in [-0.25, -0.2) is 4.98 Å². The Bertz CT molecular complexity index is 997. The van der Waals surface area contributed by atoms with Crippen LogP contribution in [0.5, 0.6) is 0 Å². The van der Waals surface area contributed by atoms with Gasteiger partial charge in [-0.2, -0.15) is 0 Å². The molecule has 138 valence electrons. The van der Waals surface area contributed by atoms with E-state index < -0.39 is 4.92 Å². The number of nitro groups is 1. The Labute approximate surface area is 160 Å². The fraction of sp³-hybridized carbons (Fsp3) is 0.300. The number of likely N-dealkylation sites (tertiary alicyclic amines) is 1. The highest BCUT2D eigenvalue weighted by Gasteiger charge is 2.28. The van der Waals surface area contributed by atoms with Crippen LogP contribution in [0.25, 0.3) is 10.2 Å². The van der Waals surface area contributed by atoms with Crippen molar-refractivity contribution >= 4 is 33.1 Å². The molecule has 6 nitrogen and oxygen atoms in total. The Morgan fingerprint density at radius 3 is 2.89 bits per heavy atom. The minimum Gasteiger partial charge on any atom is -0.338 e. The Hall–Kier alpha value is -2.80. The summed E-state index contributed by atoms with van der Waals surface area (Å²) >= 11 is 1.68. The van der Waals surface area contributed by atoms with E-state index in [1.807, 2.05) is 18.2 Å². The third-order valence-electron chi connectivity index (χ3n) is 5.02. The molecular formula is C20H19N3O3S. The Morgan fingerprint density at radius 1 is 1.30 bits per heavy atom. The van der Waals surface area contributed by atoms with Gasteiger partial charge < -0.3 is 4.90 Å². The maximum absolute atomic E-state index is 12.9. The highest BCUT2D eigenvalue weighted by molar-refractivity contribution is 7.18. The number of nitro benzene ring substituents is 1. The zero-order valence-corrected chi connectivity index (χ0v) is 15.7. The van der Waals surface area contributed by atoms with E-state index in [2.05, 4.69) is 6.07 Å². The molecule has 1 aliphatic rings. The van der Waals surface area contributed by atoms with Crippen LogP contribution in [-0.2, 0) is 0 Å². The summed E-state index contributed by atoms with van der Waals surface area (Å²) in [6.07, 6.45) is 1.90. The molecule has 2 heterocycles. The van der Waals surface area contributed by atoms with Crippen molar-refractivity contribution < 1.29 is 9.72 Å². The molecule has 7 heteroatoms. The summed E-state index contributed by atoms with van der Waals surface area (Å²) in [7, 11) is 0. The molecule has 1 aliphatic heterocycles. The van der Waals surface area contributed by atoms with Gasteiger partial charge in [0.25, 0.3) is 11.6 Å². The monoisotopic (exact) mass is 381 g/mol. The average Bonchev–Trinajstić information content (AvgIpc) is 3.12. The number of carbonyl (C=O) groups is 1. The van der Waals surface area contributed by atoms with Crippen molar-refractivity contribution in [1.29, 1.82) is 0 Å². The molecule has 27 heavy (non-hydrogen) atoms. The first-order chi connectivity index (χ1) is 13.0. The largest absolute Gasteiger partial charge is 0.338 e. The Morgan fingerprint density at radius 2 is 2.11 bits per heavy atom. The lowest BCUT2D eigenvalue weighted by Crippen LogP contribution is -2.39. The predicted molar refractivity (Wildman–Crippen MR) is 105 cm³/mol. The molecule has 0 aliphatic carbocycles. The minimum atomic E-state index is -0.438. The average molecular weight is 381 g/mol. The van der Waals surface area contributed by atoms with Crippen LogP contribution in [0.4, 0.5) is 5.69 Å². The molecule has 0 bridgehead atoms. The van der Waals surface area contributed by atoms with Gasteiger partial charge in [0.15, 0.2) is 0 Å². The lowest BCUT2D eigenvalue weighted by atomic mass is 9.97. The smallest absolute Gasteiger partial charge is 0.273 e. The van der Waals surface area contributed by atoms with Crippen LogP contribution in [0.2, 0.25) is 0 Å². The van der Waals surface area contributed by atoms with Gasteiger partial charge in [0.05, 0.1) is 20.1 Å². The minimum absolute atomic E-state index is 0.0133. The number of fused-ring (bicyclic) bond motifs is 1. The van der Waals surface area contributed by atoms with E-state index in [1.165, 1.54) is 6.07 Å². The number of hydrogen-bond donors (Lipinski definition) is 0. The number of aromatic nitrogens is 1. The van der Waals surface area contributed by atoms with Crippen LogP contribution in [0.15, 0.2) is 42.5 Å². The molecule has 1 fully saturated rings. The van der Waals surface area contributed by atoms with Crippen LogP contribution >= 0.6 is 11.3 Å². The number of rotatable bonds is 3. The molecule has 1 aromatic heterocycles. The second kappa shape index (κ2) is 7.08. The third kappa shape index (κ3) is 3.42. The number of aryl methyl sites for hydroxylation is 1. The molecule has 3 aromatic rings. The van der Waals surface area contributed by atoms with E-state index in [0.29, 0.717) is 24.2 Å². The maximum atomic E-state index is 12.9. The van der Waals surface area contributed by atoms with Crippen LogP contribution in [0.1, 0.15) is 39.7 Å². The van der Waals surface area contributed by atoms with E-state index in [1.54, 1.807) is 35.3 Å². The summed E-state index contributed by atoms with van der Waals surface area (Å²) in [5.41, 5.74) is 1.91. The van der Waals surface area contributed by atoms with Crippen LogP contribution < -0.4 is 0 Å². The number of thiazole rings is 1. The Kier molecular flexibility index (Phi) is 4.61. The van der Waals surface area contributed by atoms with E-state index in [9.17, 15) is 14.9 Å². The summed E-state index contributed by atoms with van der Waals surface area (Å²) in [6, 6.07) is 12.8. The molecular weight excluding hydrogens is 362 g/mol. The van der Waals surface area contributed by atoms with Gasteiger partial charge in [0, 0.05) is 36.2 Å². The zero-order chi connectivity index (χ0) is 19.0. The lowest BCUT2D eigenvalue weighted by Gasteiger charge is -2.32. The van der Waals surface area contributed by atoms with Crippen molar-refractivity contribution in [3.8, 4) is 0 Å². The molecule has 0 spiro atoms. The van der Waals surface area contributed by atoms with Crippen molar-refractivity contribution in [2.75, 3.05) is 13.1 Å². The standard InChI is InChI=1S/C20H19N3O3S/c1-13-8-9-14(11-17(13)23(25)26)20(24)22-10-4-5-15(12-22)19-21-16-6-2-3-7-18(16)27-19/h2-3,6-9,11,15H,4-5,10,12H2,1H3/t15-/m0/s1. The van der Waals surface area contributed by atoms with Crippen molar-refractivity contribution in [2.45, 2.75) is 25.7 Å². The first kappa shape index (κ1) is 17.6. The van der Waals surface area contributed by atoms with Crippen LogP contribution in [0, 0.1) is 17.0 Å². The third-order valence-corrected chi connectivity index (χ3v) is 6.22. The van der Waals surface area contributed by atoms with Crippen molar-refractivity contribution in [3.63, 3.8) is 0 Å². The second-order valence-corrected chi connectivity index (χ2v) is 7.93. The molecule has 0 unspecified atom stereocenters. The summed E-state index contributed by atoms with van der Waals surface area (Å²) in [4.78, 5) is 30.2. The van der Waals surface area contributed by atoms with E-state index in [0.717, 1.165) is 28.1 Å². The molecule has 1 atom stereocenters. The fourth-order valence-corrected chi connectivity index (χ4v) is 4.64. The number of nitrogens with zero attached hydrogens (tertiary/aromatic N) is 3. The van der Waals surface area contributed by atoms with Gasteiger partial charge in [-0.05, 0) is 38.0 Å². The molecule has 1 saturated heterocycles. The molecule has 1 amide bonds. The fourth-order valence-electron chi connectivity index (χ4n) is 3.55.